The summed E-state index contributed by atoms with van der Waals surface area (Å²) in [5.41, 5.74) is 10.6. The number of benzene rings is 3. The summed E-state index contributed by atoms with van der Waals surface area (Å²) >= 11 is 0. The normalized spacial score (nSPS) is 15.6. The van der Waals surface area contributed by atoms with Crippen molar-refractivity contribution in [2.75, 3.05) is 0 Å². The highest BCUT2D eigenvalue weighted by molar-refractivity contribution is 6.59. The van der Waals surface area contributed by atoms with E-state index in [4.69, 9.17) is 0 Å². The molecule has 4 heteroatoms. The molecule has 2 N–H and O–H groups in total. The standard InChI is InChI=1S/C27H24BNO2/c1-27(2)23-9-5-3-7-19(23)20-13-12-18(16-24(20)27)29-25-10-6-4-8-21(25)22-15-17(28(30)31)11-14-26(22)29/h3-5,7-9,11-16,30-31H,6,10H2,1-2H3. The Morgan fingerprint density at radius 2 is 1.71 bits per heavy atom. The maximum Gasteiger partial charge on any atom is 0.488 e. The Hall–Kier alpha value is -3.08. The third-order valence-electron chi connectivity index (χ3n) is 7.09. The SMILES string of the molecule is CC1(C)c2ccccc2-c2ccc(-n3c4c(c5cc(B(O)O)ccc53)C=CCC4)cc21. The first-order valence-electron chi connectivity index (χ1n) is 10.9. The summed E-state index contributed by atoms with van der Waals surface area (Å²) < 4.78 is 2.36. The number of aromatic nitrogens is 1. The minimum Gasteiger partial charge on any atom is -0.423 e. The Bertz CT molecular complexity index is 1390. The van der Waals surface area contributed by atoms with Crippen molar-refractivity contribution < 1.29 is 10.0 Å². The highest BCUT2D eigenvalue weighted by atomic mass is 16.4. The molecule has 2 aliphatic rings. The number of allylic oxidation sites excluding steroid dienone is 1. The lowest BCUT2D eigenvalue weighted by Gasteiger charge is -2.22. The van der Waals surface area contributed by atoms with E-state index in [1.165, 1.54) is 39.2 Å². The van der Waals surface area contributed by atoms with Gasteiger partial charge in [0.2, 0.25) is 0 Å². The second-order valence-corrected chi connectivity index (χ2v) is 9.19. The van der Waals surface area contributed by atoms with Crippen molar-refractivity contribution in [2.24, 2.45) is 0 Å². The van der Waals surface area contributed by atoms with Crippen molar-refractivity contribution in [3.8, 4) is 16.8 Å². The van der Waals surface area contributed by atoms with Crippen LogP contribution in [0.2, 0.25) is 0 Å². The largest absolute Gasteiger partial charge is 0.488 e. The Morgan fingerprint density at radius 1 is 0.903 bits per heavy atom. The third kappa shape index (κ3) is 2.55. The van der Waals surface area contributed by atoms with Crippen molar-refractivity contribution in [3.05, 3.63) is 89.1 Å². The average Bonchev–Trinajstić information content (AvgIpc) is 3.23. The van der Waals surface area contributed by atoms with Gasteiger partial charge < -0.3 is 14.6 Å². The first-order valence-corrected chi connectivity index (χ1v) is 10.9. The third-order valence-corrected chi connectivity index (χ3v) is 7.09. The Morgan fingerprint density at radius 3 is 2.55 bits per heavy atom. The molecule has 4 aromatic rings. The number of rotatable bonds is 2. The molecule has 0 unspecified atom stereocenters. The lowest BCUT2D eigenvalue weighted by atomic mass is 9.79. The lowest BCUT2D eigenvalue weighted by molar-refractivity contribution is 0.426. The second-order valence-electron chi connectivity index (χ2n) is 9.19. The Balaban J connectivity index is 1.61. The van der Waals surface area contributed by atoms with Gasteiger partial charge in [-0.2, -0.15) is 0 Å². The predicted octanol–water partition coefficient (Wildman–Crippen LogP) is 4.58. The Kier molecular flexibility index (Phi) is 3.89. The maximum atomic E-state index is 9.69. The van der Waals surface area contributed by atoms with E-state index in [-0.39, 0.29) is 5.41 Å². The topological polar surface area (TPSA) is 45.4 Å². The molecule has 1 heterocycles. The molecule has 2 aliphatic carbocycles. The van der Waals surface area contributed by atoms with Crippen LogP contribution in [-0.4, -0.2) is 21.7 Å². The van der Waals surface area contributed by atoms with E-state index in [2.05, 4.69) is 73.0 Å². The first-order chi connectivity index (χ1) is 15.0. The van der Waals surface area contributed by atoms with Gasteiger partial charge in [-0.15, -0.1) is 0 Å². The fourth-order valence-corrected chi connectivity index (χ4v) is 5.53. The molecular formula is C27H24BNO2. The molecule has 3 nitrogen and oxygen atoms in total. The summed E-state index contributed by atoms with van der Waals surface area (Å²) in [6.45, 7) is 4.62. The van der Waals surface area contributed by atoms with Crippen molar-refractivity contribution >= 4 is 29.6 Å². The molecule has 0 atom stereocenters. The summed E-state index contributed by atoms with van der Waals surface area (Å²) in [7, 11) is -1.46. The molecule has 152 valence electrons. The van der Waals surface area contributed by atoms with Gasteiger partial charge in [-0.3, -0.25) is 0 Å². The van der Waals surface area contributed by atoms with Crippen LogP contribution in [0.1, 0.15) is 42.7 Å². The molecule has 0 spiro atoms. The first kappa shape index (κ1) is 18.7. The minimum atomic E-state index is -1.46. The van der Waals surface area contributed by atoms with Crippen LogP contribution in [0, 0.1) is 0 Å². The molecule has 3 aromatic carbocycles. The van der Waals surface area contributed by atoms with Crippen LogP contribution in [0.5, 0.6) is 0 Å². The summed E-state index contributed by atoms with van der Waals surface area (Å²) in [5.74, 6) is 0. The van der Waals surface area contributed by atoms with Gasteiger partial charge in [-0.25, -0.2) is 0 Å². The van der Waals surface area contributed by atoms with Gasteiger partial charge in [0, 0.05) is 27.7 Å². The monoisotopic (exact) mass is 405 g/mol. The van der Waals surface area contributed by atoms with E-state index in [9.17, 15) is 10.0 Å². The van der Waals surface area contributed by atoms with Crippen molar-refractivity contribution in [1.29, 1.82) is 0 Å². The van der Waals surface area contributed by atoms with Crippen LogP contribution >= 0.6 is 0 Å². The molecule has 0 bridgehead atoms. The zero-order valence-corrected chi connectivity index (χ0v) is 17.8. The fourth-order valence-electron chi connectivity index (χ4n) is 5.53. The molecule has 31 heavy (non-hydrogen) atoms. The summed E-state index contributed by atoms with van der Waals surface area (Å²) in [6, 6.07) is 21.3. The quantitative estimate of drug-likeness (QED) is 0.480. The van der Waals surface area contributed by atoms with E-state index in [0.717, 1.165) is 23.7 Å². The molecule has 0 amide bonds. The molecule has 0 aliphatic heterocycles. The van der Waals surface area contributed by atoms with Gasteiger partial charge in [0.1, 0.15) is 0 Å². The highest BCUT2D eigenvalue weighted by Crippen LogP contribution is 2.49. The zero-order valence-electron chi connectivity index (χ0n) is 17.8. The van der Waals surface area contributed by atoms with Gasteiger partial charge >= 0.3 is 7.12 Å². The van der Waals surface area contributed by atoms with Crippen LogP contribution in [-0.2, 0) is 11.8 Å². The molecule has 0 saturated carbocycles. The van der Waals surface area contributed by atoms with Gasteiger partial charge in [-0.1, -0.05) is 68.5 Å². The molecular weight excluding hydrogens is 381 g/mol. The fraction of sp³-hybridized carbons (Fsp3) is 0.185. The second kappa shape index (κ2) is 6.46. The van der Waals surface area contributed by atoms with E-state index in [1.54, 1.807) is 0 Å². The van der Waals surface area contributed by atoms with E-state index < -0.39 is 7.12 Å². The van der Waals surface area contributed by atoms with Gasteiger partial charge in [0.15, 0.2) is 0 Å². The molecule has 1 aromatic heterocycles. The van der Waals surface area contributed by atoms with Crippen LogP contribution in [0.4, 0.5) is 0 Å². The van der Waals surface area contributed by atoms with Gasteiger partial charge in [0.25, 0.3) is 0 Å². The summed E-state index contributed by atoms with van der Waals surface area (Å²) in [5, 5.41) is 20.5. The highest BCUT2D eigenvalue weighted by Gasteiger charge is 2.35. The van der Waals surface area contributed by atoms with Gasteiger partial charge in [-0.05, 0) is 58.8 Å². The number of hydrogen-bond donors (Lipinski definition) is 2. The van der Waals surface area contributed by atoms with Crippen LogP contribution in [0.15, 0.2) is 66.7 Å². The van der Waals surface area contributed by atoms with Crippen LogP contribution in [0.25, 0.3) is 33.8 Å². The number of hydrogen-bond acceptors (Lipinski definition) is 2. The Labute approximate surface area is 182 Å². The minimum absolute atomic E-state index is 0.0426. The molecule has 6 rings (SSSR count). The molecule has 0 radical (unpaired) electrons. The number of nitrogens with zero attached hydrogens (tertiary/aromatic N) is 1. The van der Waals surface area contributed by atoms with E-state index in [1.807, 2.05) is 18.2 Å². The summed E-state index contributed by atoms with van der Waals surface area (Å²) in [4.78, 5) is 0. The number of fused-ring (bicyclic) bond motifs is 6. The average molecular weight is 405 g/mol. The van der Waals surface area contributed by atoms with E-state index >= 15 is 0 Å². The van der Waals surface area contributed by atoms with Crippen molar-refractivity contribution in [1.82, 2.24) is 4.57 Å². The van der Waals surface area contributed by atoms with Crippen LogP contribution < -0.4 is 5.46 Å². The zero-order chi connectivity index (χ0) is 21.3. The van der Waals surface area contributed by atoms with Crippen LogP contribution in [0.3, 0.4) is 0 Å². The molecule has 0 fully saturated rings. The van der Waals surface area contributed by atoms with E-state index in [0.29, 0.717) is 5.46 Å². The maximum absolute atomic E-state index is 9.69. The van der Waals surface area contributed by atoms with Crippen molar-refractivity contribution in [2.45, 2.75) is 32.1 Å². The summed E-state index contributed by atoms with van der Waals surface area (Å²) in [6.07, 6.45) is 6.37. The smallest absolute Gasteiger partial charge is 0.423 e. The lowest BCUT2D eigenvalue weighted by Crippen LogP contribution is -2.29. The van der Waals surface area contributed by atoms with Crippen molar-refractivity contribution in [3.63, 3.8) is 0 Å². The molecule has 0 saturated heterocycles. The predicted molar refractivity (Wildman–Crippen MR) is 128 cm³/mol. The van der Waals surface area contributed by atoms with Gasteiger partial charge in [0.05, 0.1) is 5.52 Å².